The van der Waals surface area contributed by atoms with Crippen molar-refractivity contribution in [2.75, 3.05) is 45.9 Å². The molecule has 1 fully saturated rings. The lowest BCUT2D eigenvalue weighted by molar-refractivity contribution is 0.0694. The summed E-state index contributed by atoms with van der Waals surface area (Å²) in [5.41, 5.74) is 5.86. The van der Waals surface area contributed by atoms with Crippen LogP contribution in [0.3, 0.4) is 0 Å². The zero-order valence-corrected chi connectivity index (χ0v) is 13.3. The molecule has 0 aromatic carbocycles. The fourth-order valence-electron chi connectivity index (χ4n) is 2.52. The predicted molar refractivity (Wildman–Crippen MR) is 84.6 cm³/mol. The van der Waals surface area contributed by atoms with Crippen LogP contribution in [0.5, 0.6) is 0 Å². The Balaban J connectivity index is 2.25. The van der Waals surface area contributed by atoms with Gasteiger partial charge < -0.3 is 10.5 Å². The number of nitrogens with two attached hydrogens (primary N) is 1. The molecular weight excluding hydrogens is 258 g/mol. The van der Waals surface area contributed by atoms with E-state index in [1.165, 1.54) is 0 Å². The van der Waals surface area contributed by atoms with Crippen molar-refractivity contribution in [3.05, 3.63) is 0 Å². The van der Waals surface area contributed by atoms with Gasteiger partial charge in [0.15, 0.2) is 0 Å². The van der Waals surface area contributed by atoms with E-state index < -0.39 is 0 Å². The van der Waals surface area contributed by atoms with Gasteiger partial charge in [0.05, 0.1) is 17.6 Å². The van der Waals surface area contributed by atoms with Crippen LogP contribution in [-0.2, 0) is 4.74 Å². The Morgan fingerprint density at radius 1 is 1.16 bits per heavy atom. The van der Waals surface area contributed by atoms with Gasteiger partial charge in [0.1, 0.15) is 0 Å². The predicted octanol–water partition coefficient (Wildman–Crippen LogP) is 1.49. The molecule has 0 radical (unpaired) electrons. The number of piperazine rings is 1. The van der Waals surface area contributed by atoms with E-state index in [0.29, 0.717) is 11.0 Å². The molecule has 5 heteroatoms. The summed E-state index contributed by atoms with van der Waals surface area (Å²) in [4.78, 5) is 5.56. The first-order valence-corrected chi connectivity index (χ1v) is 7.93. The lowest BCUT2D eigenvalue weighted by atomic mass is 10.1. The van der Waals surface area contributed by atoms with Gasteiger partial charge in [-0.05, 0) is 12.8 Å². The van der Waals surface area contributed by atoms with Gasteiger partial charge >= 0.3 is 0 Å². The average Bonchev–Trinajstić information content (AvgIpc) is 2.41. The SMILES string of the molecule is CCCOCCN1CCN(C(CCC)C(N)=S)CC1. The molecule has 1 atom stereocenters. The third-order valence-electron chi connectivity index (χ3n) is 3.64. The molecule has 1 unspecified atom stereocenters. The van der Waals surface area contributed by atoms with Crippen molar-refractivity contribution in [2.24, 2.45) is 5.73 Å². The first kappa shape index (κ1) is 16.8. The molecule has 0 aliphatic carbocycles. The summed E-state index contributed by atoms with van der Waals surface area (Å²) in [5, 5.41) is 0. The topological polar surface area (TPSA) is 41.7 Å². The van der Waals surface area contributed by atoms with Gasteiger partial charge in [-0.1, -0.05) is 32.5 Å². The van der Waals surface area contributed by atoms with Crippen LogP contribution in [0.1, 0.15) is 33.1 Å². The van der Waals surface area contributed by atoms with E-state index in [4.69, 9.17) is 22.7 Å². The molecule has 0 bridgehead atoms. The Morgan fingerprint density at radius 2 is 1.84 bits per heavy atom. The molecular formula is C14H29N3OS. The van der Waals surface area contributed by atoms with E-state index in [9.17, 15) is 0 Å². The zero-order chi connectivity index (χ0) is 14.1. The van der Waals surface area contributed by atoms with Crippen LogP contribution in [0.15, 0.2) is 0 Å². The summed E-state index contributed by atoms with van der Waals surface area (Å²) in [5.74, 6) is 0. The molecule has 1 heterocycles. The fraction of sp³-hybridized carbons (Fsp3) is 0.929. The molecule has 0 amide bonds. The Labute approximate surface area is 123 Å². The highest BCUT2D eigenvalue weighted by Crippen LogP contribution is 2.11. The normalized spacial score (nSPS) is 19.5. The third-order valence-corrected chi connectivity index (χ3v) is 3.91. The second kappa shape index (κ2) is 9.64. The van der Waals surface area contributed by atoms with Crippen LogP contribution in [0.25, 0.3) is 0 Å². The van der Waals surface area contributed by atoms with Gasteiger partial charge in [0.25, 0.3) is 0 Å². The minimum absolute atomic E-state index is 0.290. The van der Waals surface area contributed by atoms with Crippen molar-refractivity contribution in [2.45, 2.75) is 39.2 Å². The Hall–Kier alpha value is -0.230. The van der Waals surface area contributed by atoms with E-state index in [1.807, 2.05) is 0 Å². The van der Waals surface area contributed by atoms with Gasteiger partial charge in [-0.15, -0.1) is 0 Å². The van der Waals surface area contributed by atoms with Crippen LogP contribution in [-0.4, -0.2) is 66.8 Å². The number of thiocarbonyl (C=S) groups is 1. The van der Waals surface area contributed by atoms with E-state index in [0.717, 1.165) is 65.2 Å². The summed E-state index contributed by atoms with van der Waals surface area (Å²) < 4.78 is 5.54. The summed E-state index contributed by atoms with van der Waals surface area (Å²) in [6, 6.07) is 0.290. The molecule has 2 N–H and O–H groups in total. The van der Waals surface area contributed by atoms with Crippen molar-refractivity contribution in [3.63, 3.8) is 0 Å². The van der Waals surface area contributed by atoms with E-state index in [2.05, 4.69) is 23.6 Å². The van der Waals surface area contributed by atoms with Gasteiger partial charge in [0, 0.05) is 39.3 Å². The number of ether oxygens (including phenoxy) is 1. The Bertz CT molecular complexity index is 255. The van der Waals surface area contributed by atoms with Gasteiger partial charge in [0.2, 0.25) is 0 Å². The molecule has 4 nitrogen and oxygen atoms in total. The monoisotopic (exact) mass is 287 g/mol. The number of hydrogen-bond acceptors (Lipinski definition) is 4. The number of nitrogens with zero attached hydrogens (tertiary/aromatic N) is 2. The van der Waals surface area contributed by atoms with E-state index in [1.54, 1.807) is 0 Å². The molecule has 19 heavy (non-hydrogen) atoms. The molecule has 0 saturated carbocycles. The summed E-state index contributed by atoms with van der Waals surface area (Å²) >= 11 is 5.19. The van der Waals surface area contributed by atoms with Gasteiger partial charge in [-0.2, -0.15) is 0 Å². The standard InChI is InChI=1S/C14H29N3OS/c1-3-5-13(14(15)19)17-8-6-16(7-9-17)10-12-18-11-4-2/h13H,3-12H2,1-2H3,(H2,15,19). The molecule has 1 aliphatic rings. The first-order valence-electron chi connectivity index (χ1n) is 7.52. The van der Waals surface area contributed by atoms with Crippen molar-refractivity contribution in [1.82, 2.24) is 9.80 Å². The lowest BCUT2D eigenvalue weighted by Gasteiger charge is -2.38. The highest BCUT2D eigenvalue weighted by molar-refractivity contribution is 7.80. The van der Waals surface area contributed by atoms with Gasteiger partial charge in [-0.25, -0.2) is 0 Å². The molecule has 1 rings (SSSR count). The van der Waals surface area contributed by atoms with Crippen LogP contribution in [0, 0.1) is 0 Å². The molecule has 0 aromatic rings. The van der Waals surface area contributed by atoms with Gasteiger partial charge in [-0.3, -0.25) is 9.80 Å². The highest BCUT2D eigenvalue weighted by Gasteiger charge is 2.24. The summed E-state index contributed by atoms with van der Waals surface area (Å²) in [7, 11) is 0. The highest BCUT2D eigenvalue weighted by atomic mass is 32.1. The second-order valence-electron chi connectivity index (χ2n) is 5.20. The first-order chi connectivity index (χ1) is 9.19. The molecule has 1 saturated heterocycles. The zero-order valence-electron chi connectivity index (χ0n) is 12.4. The quantitative estimate of drug-likeness (QED) is 0.514. The maximum absolute atomic E-state index is 5.86. The van der Waals surface area contributed by atoms with Crippen LogP contribution in [0.2, 0.25) is 0 Å². The molecule has 0 spiro atoms. The van der Waals surface area contributed by atoms with Crippen LogP contribution >= 0.6 is 12.2 Å². The largest absolute Gasteiger partial charge is 0.392 e. The maximum atomic E-state index is 5.86. The minimum atomic E-state index is 0.290. The second-order valence-corrected chi connectivity index (χ2v) is 5.67. The number of hydrogen-bond donors (Lipinski definition) is 1. The van der Waals surface area contributed by atoms with Crippen LogP contribution < -0.4 is 5.73 Å². The van der Waals surface area contributed by atoms with Crippen molar-refractivity contribution in [1.29, 1.82) is 0 Å². The molecule has 112 valence electrons. The van der Waals surface area contributed by atoms with Crippen LogP contribution in [0.4, 0.5) is 0 Å². The smallest absolute Gasteiger partial charge is 0.0902 e. The van der Waals surface area contributed by atoms with Crippen molar-refractivity contribution in [3.8, 4) is 0 Å². The Morgan fingerprint density at radius 3 is 2.37 bits per heavy atom. The fourth-order valence-corrected chi connectivity index (χ4v) is 2.78. The summed E-state index contributed by atoms with van der Waals surface area (Å²) in [6.45, 7) is 11.4. The Kier molecular flexibility index (Phi) is 8.53. The summed E-state index contributed by atoms with van der Waals surface area (Å²) in [6.07, 6.45) is 3.31. The lowest BCUT2D eigenvalue weighted by Crippen LogP contribution is -2.54. The number of rotatable bonds is 9. The molecule has 0 aromatic heterocycles. The van der Waals surface area contributed by atoms with Crippen molar-refractivity contribution < 1.29 is 4.74 Å². The average molecular weight is 287 g/mol. The third kappa shape index (κ3) is 6.17. The maximum Gasteiger partial charge on any atom is 0.0902 e. The van der Waals surface area contributed by atoms with E-state index in [-0.39, 0.29) is 0 Å². The van der Waals surface area contributed by atoms with Crippen molar-refractivity contribution >= 4 is 17.2 Å². The minimum Gasteiger partial charge on any atom is -0.392 e. The molecule has 1 aliphatic heterocycles. The van der Waals surface area contributed by atoms with E-state index >= 15 is 0 Å².